The molecule has 1 atom stereocenters. The molecule has 1 heterocycles. The molecule has 4 nitrogen and oxygen atoms in total. The molecule has 4 heteroatoms. The second kappa shape index (κ2) is 4.09. The van der Waals surface area contributed by atoms with E-state index in [-0.39, 0.29) is 0 Å². The minimum Gasteiger partial charge on any atom is -0.463 e. The molecule has 0 bridgehead atoms. The average molecular weight is 172 g/mol. The number of hydrogen-bond acceptors (Lipinski definition) is 4. The van der Waals surface area contributed by atoms with Gasteiger partial charge in [-0.25, -0.2) is 4.79 Å². The van der Waals surface area contributed by atoms with Crippen molar-refractivity contribution in [3.05, 3.63) is 0 Å². The van der Waals surface area contributed by atoms with E-state index in [9.17, 15) is 9.59 Å². The molecule has 0 spiro atoms. The van der Waals surface area contributed by atoms with Crippen molar-refractivity contribution in [2.75, 3.05) is 6.61 Å². The van der Waals surface area contributed by atoms with Crippen LogP contribution < -0.4 is 0 Å². The lowest BCUT2D eigenvalue weighted by Gasteiger charge is -2.11. The summed E-state index contributed by atoms with van der Waals surface area (Å²) in [7, 11) is 0. The van der Waals surface area contributed by atoms with Gasteiger partial charge in [-0.3, -0.25) is 4.79 Å². The van der Waals surface area contributed by atoms with Crippen LogP contribution in [-0.2, 0) is 19.1 Å². The predicted octanol–water partition coefficient (Wildman–Crippen LogP) is 0.645. The van der Waals surface area contributed by atoms with E-state index in [0.29, 0.717) is 13.0 Å². The Kier molecular flexibility index (Phi) is 3.08. The largest absolute Gasteiger partial charge is 0.463 e. The summed E-state index contributed by atoms with van der Waals surface area (Å²) in [5, 5.41) is 0. The summed E-state index contributed by atoms with van der Waals surface area (Å²) in [5.74, 6) is -0.846. The number of ether oxygens (including phenoxy) is 2. The first-order valence-corrected chi connectivity index (χ1v) is 4.04. The van der Waals surface area contributed by atoms with E-state index < -0.39 is 18.0 Å². The quantitative estimate of drug-likeness (QED) is 0.545. The first kappa shape index (κ1) is 9.03. The molecule has 1 aliphatic heterocycles. The van der Waals surface area contributed by atoms with E-state index in [1.807, 2.05) is 0 Å². The lowest BCUT2D eigenvalue weighted by Crippen LogP contribution is -2.26. The molecule has 0 amide bonds. The van der Waals surface area contributed by atoms with Crippen molar-refractivity contribution in [2.45, 2.75) is 32.3 Å². The Morgan fingerprint density at radius 1 is 1.58 bits per heavy atom. The highest BCUT2D eigenvalue weighted by Crippen LogP contribution is 2.12. The fourth-order valence-electron chi connectivity index (χ4n) is 1.12. The van der Waals surface area contributed by atoms with Gasteiger partial charge < -0.3 is 9.47 Å². The van der Waals surface area contributed by atoms with E-state index in [0.717, 1.165) is 12.8 Å². The molecule has 0 aliphatic carbocycles. The maximum Gasteiger partial charge on any atom is 0.347 e. The van der Waals surface area contributed by atoms with Crippen LogP contribution in [0.4, 0.5) is 0 Å². The Balaban J connectivity index is 2.47. The van der Waals surface area contributed by atoms with Crippen LogP contribution in [0, 0.1) is 0 Å². The van der Waals surface area contributed by atoms with Crippen LogP contribution in [0.3, 0.4) is 0 Å². The van der Waals surface area contributed by atoms with E-state index in [4.69, 9.17) is 9.47 Å². The van der Waals surface area contributed by atoms with Gasteiger partial charge in [0, 0.05) is 6.92 Å². The molecular weight excluding hydrogens is 160 g/mol. The lowest BCUT2D eigenvalue weighted by atomic mass is 10.2. The molecule has 1 unspecified atom stereocenters. The molecular formula is C8H12O4. The van der Waals surface area contributed by atoms with Gasteiger partial charge in [-0.1, -0.05) is 0 Å². The monoisotopic (exact) mass is 172 g/mol. The van der Waals surface area contributed by atoms with Gasteiger partial charge in [0.2, 0.25) is 0 Å². The second-order valence-electron chi connectivity index (χ2n) is 2.76. The summed E-state index contributed by atoms with van der Waals surface area (Å²) >= 11 is 0. The first-order chi connectivity index (χ1) is 5.70. The van der Waals surface area contributed by atoms with Crippen molar-refractivity contribution in [1.82, 2.24) is 0 Å². The van der Waals surface area contributed by atoms with Crippen LogP contribution in [0.2, 0.25) is 0 Å². The molecule has 1 rings (SSSR count). The molecule has 68 valence electrons. The number of hydrogen-bond donors (Lipinski definition) is 0. The normalized spacial score (nSPS) is 24.1. The second-order valence-corrected chi connectivity index (χ2v) is 2.76. The van der Waals surface area contributed by atoms with Crippen LogP contribution in [0.5, 0.6) is 0 Å². The van der Waals surface area contributed by atoms with Gasteiger partial charge in [0.05, 0.1) is 6.61 Å². The number of esters is 2. The van der Waals surface area contributed by atoms with Crippen molar-refractivity contribution >= 4 is 11.9 Å². The molecule has 1 aliphatic rings. The third kappa shape index (κ3) is 2.53. The van der Waals surface area contributed by atoms with Gasteiger partial charge in [-0.05, 0) is 19.3 Å². The third-order valence-corrected chi connectivity index (χ3v) is 1.68. The van der Waals surface area contributed by atoms with Crippen molar-refractivity contribution < 1.29 is 19.1 Å². The number of rotatable bonds is 1. The van der Waals surface area contributed by atoms with Gasteiger partial charge in [0.15, 0.2) is 6.10 Å². The zero-order chi connectivity index (χ0) is 8.97. The Morgan fingerprint density at radius 3 is 3.00 bits per heavy atom. The molecule has 0 aromatic heterocycles. The summed E-state index contributed by atoms with van der Waals surface area (Å²) in [6.45, 7) is 1.73. The molecule has 0 radical (unpaired) electrons. The molecule has 1 saturated heterocycles. The van der Waals surface area contributed by atoms with Gasteiger partial charge >= 0.3 is 11.9 Å². The van der Waals surface area contributed by atoms with Crippen molar-refractivity contribution in [2.24, 2.45) is 0 Å². The molecule has 12 heavy (non-hydrogen) atoms. The molecule has 0 N–H and O–H groups in total. The molecule has 0 aromatic rings. The van der Waals surface area contributed by atoms with Crippen LogP contribution in [-0.4, -0.2) is 24.6 Å². The average Bonchev–Trinajstić information content (AvgIpc) is 2.16. The van der Waals surface area contributed by atoms with Gasteiger partial charge in [0.25, 0.3) is 0 Å². The fraction of sp³-hybridized carbons (Fsp3) is 0.750. The van der Waals surface area contributed by atoms with Crippen molar-refractivity contribution in [1.29, 1.82) is 0 Å². The van der Waals surface area contributed by atoms with Crippen molar-refractivity contribution in [3.8, 4) is 0 Å². The SMILES string of the molecule is CC(=O)OC1CCCCOC1=O. The molecule has 0 saturated carbocycles. The topological polar surface area (TPSA) is 52.6 Å². The Morgan fingerprint density at radius 2 is 2.33 bits per heavy atom. The number of carbonyl (C=O) groups excluding carboxylic acids is 2. The number of carbonyl (C=O) groups is 2. The minimum atomic E-state index is -0.676. The highest BCUT2D eigenvalue weighted by molar-refractivity contribution is 5.78. The smallest absolute Gasteiger partial charge is 0.347 e. The third-order valence-electron chi connectivity index (χ3n) is 1.68. The summed E-state index contributed by atoms with van der Waals surface area (Å²) in [4.78, 5) is 21.6. The zero-order valence-electron chi connectivity index (χ0n) is 7.04. The molecule has 1 fully saturated rings. The van der Waals surface area contributed by atoms with Gasteiger partial charge in [0.1, 0.15) is 0 Å². The minimum absolute atomic E-state index is 0.414. The Hall–Kier alpha value is -1.06. The zero-order valence-corrected chi connectivity index (χ0v) is 7.04. The van der Waals surface area contributed by atoms with Crippen molar-refractivity contribution in [3.63, 3.8) is 0 Å². The van der Waals surface area contributed by atoms with E-state index in [1.165, 1.54) is 6.92 Å². The maximum absolute atomic E-state index is 11.1. The summed E-state index contributed by atoms with van der Waals surface area (Å²) in [6, 6.07) is 0. The van der Waals surface area contributed by atoms with Crippen LogP contribution in [0.1, 0.15) is 26.2 Å². The fourth-order valence-corrected chi connectivity index (χ4v) is 1.12. The number of cyclic esters (lactones) is 1. The van der Waals surface area contributed by atoms with E-state index in [2.05, 4.69) is 0 Å². The standard InChI is InChI=1S/C8H12O4/c1-6(9)12-7-4-2-3-5-11-8(7)10/h7H,2-5H2,1H3. The van der Waals surface area contributed by atoms with Crippen LogP contribution in [0.15, 0.2) is 0 Å². The van der Waals surface area contributed by atoms with E-state index in [1.54, 1.807) is 0 Å². The summed E-state index contributed by atoms with van der Waals surface area (Å²) in [6.07, 6.45) is 1.62. The Bertz CT molecular complexity index is 187. The highest BCUT2D eigenvalue weighted by atomic mass is 16.6. The van der Waals surface area contributed by atoms with Crippen LogP contribution in [0.25, 0.3) is 0 Å². The van der Waals surface area contributed by atoms with E-state index >= 15 is 0 Å². The summed E-state index contributed by atoms with van der Waals surface area (Å²) < 4.78 is 9.57. The first-order valence-electron chi connectivity index (χ1n) is 4.04. The Labute approximate surface area is 70.8 Å². The summed E-state index contributed by atoms with van der Waals surface area (Å²) in [5.41, 5.74) is 0. The predicted molar refractivity (Wildman–Crippen MR) is 40.4 cm³/mol. The molecule has 0 aromatic carbocycles. The highest BCUT2D eigenvalue weighted by Gasteiger charge is 2.24. The lowest BCUT2D eigenvalue weighted by molar-refractivity contribution is -0.165. The van der Waals surface area contributed by atoms with Crippen LogP contribution >= 0.6 is 0 Å². The van der Waals surface area contributed by atoms with Gasteiger partial charge in [-0.2, -0.15) is 0 Å². The van der Waals surface area contributed by atoms with Gasteiger partial charge in [-0.15, -0.1) is 0 Å². The maximum atomic E-state index is 11.1.